The number of rotatable bonds is 9. The molecule has 2 heteroatoms. The molecule has 12 rings (SSSR count). The van der Waals surface area contributed by atoms with Gasteiger partial charge in [-0.3, -0.25) is 4.99 Å². The standard InChI is InChI=1S/C67H52N2/c1-4-54-64(48-20-9-6-10-21-48)68-66(49-40-36-45(37-41-49)44-18-7-5-8-19-44)69-65(54)53-25-14-24-52(43-53)56-28-16-30-58-55(27-15-31-59(56)58)51-23-13-22-50(42-51)46-34-38-47(39-35-46)57-29-17-33-62-63(57)60-26-11-12-32-61(60)67(62,2)3/h5-43,54,64H,4H2,1-3H3. The molecule has 0 fully saturated rings. The maximum Gasteiger partial charge on any atom is 0.155 e. The minimum Gasteiger partial charge on any atom is -0.257 e. The van der Waals surface area contributed by atoms with Crippen molar-refractivity contribution in [3.8, 4) is 66.8 Å². The van der Waals surface area contributed by atoms with Gasteiger partial charge in [0, 0.05) is 16.9 Å². The van der Waals surface area contributed by atoms with Gasteiger partial charge in [-0.1, -0.05) is 245 Å². The van der Waals surface area contributed by atoms with Crippen molar-refractivity contribution in [2.75, 3.05) is 0 Å². The highest BCUT2D eigenvalue weighted by atomic mass is 15.0. The second kappa shape index (κ2) is 17.5. The molecule has 2 unspecified atom stereocenters. The summed E-state index contributed by atoms with van der Waals surface area (Å²) < 4.78 is 0. The van der Waals surface area contributed by atoms with Crippen molar-refractivity contribution in [1.82, 2.24) is 0 Å². The third kappa shape index (κ3) is 7.54. The summed E-state index contributed by atoms with van der Waals surface area (Å²) in [5.41, 5.74) is 22.0. The summed E-state index contributed by atoms with van der Waals surface area (Å²) in [6, 6.07) is 86.3. The molecule has 0 spiro atoms. The highest BCUT2D eigenvalue weighted by Gasteiger charge is 2.36. The van der Waals surface area contributed by atoms with Gasteiger partial charge in [0.1, 0.15) is 0 Å². The van der Waals surface area contributed by atoms with Crippen LogP contribution in [0.15, 0.2) is 247 Å². The van der Waals surface area contributed by atoms with Gasteiger partial charge in [-0.15, -0.1) is 0 Å². The van der Waals surface area contributed by atoms with Crippen LogP contribution in [0.1, 0.15) is 61.1 Å². The van der Waals surface area contributed by atoms with E-state index in [0.29, 0.717) is 0 Å². The third-order valence-electron chi connectivity index (χ3n) is 14.8. The first-order valence-corrected chi connectivity index (χ1v) is 24.4. The van der Waals surface area contributed by atoms with Gasteiger partial charge in [-0.2, -0.15) is 0 Å². The summed E-state index contributed by atoms with van der Waals surface area (Å²) in [4.78, 5) is 10.9. The molecule has 10 aromatic rings. The number of amidine groups is 1. The Kier molecular flexibility index (Phi) is 10.7. The van der Waals surface area contributed by atoms with E-state index in [4.69, 9.17) is 9.98 Å². The normalized spacial score (nSPS) is 15.8. The Morgan fingerprint density at radius 1 is 0.377 bits per heavy atom. The van der Waals surface area contributed by atoms with E-state index in [1.165, 1.54) is 94.2 Å². The van der Waals surface area contributed by atoms with Crippen molar-refractivity contribution in [2.45, 2.75) is 38.6 Å². The van der Waals surface area contributed by atoms with Crippen LogP contribution in [-0.4, -0.2) is 11.5 Å². The van der Waals surface area contributed by atoms with Crippen LogP contribution in [0.2, 0.25) is 0 Å². The molecule has 2 nitrogen and oxygen atoms in total. The summed E-state index contributed by atoms with van der Waals surface area (Å²) in [6.45, 7) is 6.96. The van der Waals surface area contributed by atoms with Crippen molar-refractivity contribution >= 4 is 22.3 Å². The van der Waals surface area contributed by atoms with Gasteiger partial charge >= 0.3 is 0 Å². The van der Waals surface area contributed by atoms with Gasteiger partial charge in [0.2, 0.25) is 0 Å². The maximum absolute atomic E-state index is 5.45. The van der Waals surface area contributed by atoms with E-state index >= 15 is 0 Å². The summed E-state index contributed by atoms with van der Waals surface area (Å²) in [5.74, 6) is 0.887. The van der Waals surface area contributed by atoms with Crippen molar-refractivity contribution < 1.29 is 0 Å². The second-order valence-electron chi connectivity index (χ2n) is 19.1. The van der Waals surface area contributed by atoms with Crippen molar-refractivity contribution in [1.29, 1.82) is 0 Å². The number of benzene rings is 10. The van der Waals surface area contributed by atoms with Crippen LogP contribution in [0.4, 0.5) is 0 Å². The molecule has 0 N–H and O–H groups in total. The van der Waals surface area contributed by atoms with E-state index in [1.807, 2.05) is 0 Å². The van der Waals surface area contributed by atoms with Crippen LogP contribution in [0, 0.1) is 5.92 Å². The van der Waals surface area contributed by atoms with Gasteiger partial charge in [0.25, 0.3) is 0 Å². The topological polar surface area (TPSA) is 24.7 Å². The molecule has 2 atom stereocenters. The fraction of sp³-hybridized carbons (Fsp3) is 0.104. The van der Waals surface area contributed by atoms with Gasteiger partial charge in [0.05, 0.1) is 11.8 Å². The van der Waals surface area contributed by atoms with Crippen LogP contribution in [0.3, 0.4) is 0 Å². The van der Waals surface area contributed by atoms with Crippen molar-refractivity contribution in [3.63, 3.8) is 0 Å². The molecule has 0 amide bonds. The van der Waals surface area contributed by atoms with Crippen LogP contribution >= 0.6 is 0 Å². The molecule has 1 aliphatic carbocycles. The molecule has 1 aliphatic heterocycles. The summed E-state index contributed by atoms with van der Waals surface area (Å²) in [5, 5.41) is 2.45. The molecule has 330 valence electrons. The van der Waals surface area contributed by atoms with E-state index in [1.54, 1.807) is 0 Å². The molecule has 0 radical (unpaired) electrons. The van der Waals surface area contributed by atoms with E-state index in [2.05, 4.69) is 257 Å². The predicted molar refractivity (Wildman–Crippen MR) is 291 cm³/mol. The first-order chi connectivity index (χ1) is 33.9. The average molecular weight is 885 g/mol. The summed E-state index contributed by atoms with van der Waals surface area (Å²) in [6.07, 6.45) is 0.912. The third-order valence-corrected chi connectivity index (χ3v) is 14.8. The molecule has 0 aromatic heterocycles. The van der Waals surface area contributed by atoms with Gasteiger partial charge < -0.3 is 0 Å². The first-order valence-electron chi connectivity index (χ1n) is 24.4. The summed E-state index contributed by atoms with van der Waals surface area (Å²) >= 11 is 0. The maximum atomic E-state index is 5.45. The van der Waals surface area contributed by atoms with Crippen LogP contribution in [0.5, 0.6) is 0 Å². The second-order valence-corrected chi connectivity index (χ2v) is 19.1. The lowest BCUT2D eigenvalue weighted by Crippen LogP contribution is -2.28. The number of nitrogens with zero attached hydrogens (tertiary/aromatic N) is 2. The first kappa shape index (κ1) is 42.2. The Bertz CT molecular complexity index is 3600. The molecule has 69 heavy (non-hydrogen) atoms. The van der Waals surface area contributed by atoms with Gasteiger partial charge in [-0.05, 0) is 118 Å². The number of aliphatic imine (C=N–C) groups is 2. The Balaban J connectivity index is 0.877. The minimum atomic E-state index is -0.0553. The lowest BCUT2D eigenvalue weighted by Gasteiger charge is -2.30. The number of fused-ring (bicyclic) bond motifs is 4. The Labute approximate surface area is 406 Å². The highest BCUT2D eigenvalue weighted by molar-refractivity contribution is 6.16. The van der Waals surface area contributed by atoms with Crippen LogP contribution < -0.4 is 0 Å². The zero-order valence-corrected chi connectivity index (χ0v) is 39.3. The fourth-order valence-electron chi connectivity index (χ4n) is 11.2. The molecular formula is C67H52N2. The average Bonchev–Trinajstić information content (AvgIpc) is 3.66. The van der Waals surface area contributed by atoms with Crippen LogP contribution in [0.25, 0.3) is 77.5 Å². The molecular weight excluding hydrogens is 833 g/mol. The number of hydrogen-bond donors (Lipinski definition) is 0. The SMILES string of the molecule is CCC1C(c2cccc(-c3cccc4c(-c5cccc(-c6ccc(-c7cccc8c7-c7ccccc7C8(C)C)cc6)c5)cccc34)c2)=NC(c2ccc(-c3ccccc3)cc2)=NC1c1ccccc1. The molecule has 2 aliphatic rings. The Morgan fingerprint density at radius 3 is 1.52 bits per heavy atom. The van der Waals surface area contributed by atoms with E-state index < -0.39 is 0 Å². The molecule has 0 saturated heterocycles. The Hall–Kier alpha value is -8.20. The largest absolute Gasteiger partial charge is 0.257 e. The minimum absolute atomic E-state index is 0.0258. The monoisotopic (exact) mass is 884 g/mol. The lowest BCUT2D eigenvalue weighted by atomic mass is 9.82. The zero-order valence-electron chi connectivity index (χ0n) is 39.3. The number of hydrogen-bond acceptors (Lipinski definition) is 2. The molecule has 1 heterocycles. The Morgan fingerprint density at radius 2 is 0.841 bits per heavy atom. The predicted octanol–water partition coefficient (Wildman–Crippen LogP) is 17.5. The van der Waals surface area contributed by atoms with Crippen molar-refractivity contribution in [3.05, 3.63) is 264 Å². The van der Waals surface area contributed by atoms with Crippen molar-refractivity contribution in [2.24, 2.45) is 15.9 Å². The van der Waals surface area contributed by atoms with E-state index in [9.17, 15) is 0 Å². The summed E-state index contributed by atoms with van der Waals surface area (Å²) in [7, 11) is 0. The van der Waals surface area contributed by atoms with Crippen LogP contribution in [-0.2, 0) is 5.41 Å². The van der Waals surface area contributed by atoms with Gasteiger partial charge in [-0.25, -0.2) is 4.99 Å². The zero-order chi connectivity index (χ0) is 46.5. The smallest absolute Gasteiger partial charge is 0.155 e. The molecule has 0 bridgehead atoms. The molecule has 0 saturated carbocycles. The molecule has 10 aromatic carbocycles. The lowest BCUT2D eigenvalue weighted by molar-refractivity contribution is 0.532. The quantitative estimate of drug-likeness (QED) is 0.138. The van der Waals surface area contributed by atoms with E-state index in [-0.39, 0.29) is 17.4 Å². The fourth-order valence-corrected chi connectivity index (χ4v) is 11.2. The van der Waals surface area contributed by atoms with Gasteiger partial charge in [0.15, 0.2) is 5.84 Å². The van der Waals surface area contributed by atoms with E-state index in [0.717, 1.165) is 29.1 Å². The highest BCUT2D eigenvalue weighted by Crippen LogP contribution is 2.52.